The van der Waals surface area contributed by atoms with Gasteiger partial charge in [-0.3, -0.25) is 4.98 Å². The Labute approximate surface area is 114 Å². The second-order valence-electron chi connectivity index (χ2n) is 5.65. The molecule has 2 aromatic rings. The van der Waals surface area contributed by atoms with Crippen molar-refractivity contribution in [2.24, 2.45) is 0 Å². The summed E-state index contributed by atoms with van der Waals surface area (Å²) in [6.45, 7) is 8.47. The van der Waals surface area contributed by atoms with Gasteiger partial charge in [0.05, 0.1) is 5.69 Å². The first-order valence-electron chi connectivity index (χ1n) is 6.40. The van der Waals surface area contributed by atoms with E-state index in [4.69, 9.17) is 4.98 Å². The number of nitrogens with zero attached hydrogens (tertiary/aromatic N) is 3. The van der Waals surface area contributed by atoms with Crippen LogP contribution in [0.3, 0.4) is 0 Å². The monoisotopic (exact) mass is 256 g/mol. The number of aryl methyl sites for hydroxylation is 1. The van der Waals surface area contributed by atoms with Crippen LogP contribution in [0.1, 0.15) is 32.0 Å². The van der Waals surface area contributed by atoms with E-state index in [0.29, 0.717) is 0 Å². The van der Waals surface area contributed by atoms with Crippen LogP contribution in [0.25, 0.3) is 11.4 Å². The molecule has 0 aliphatic rings. The SMILES string of the molecule is CNc1cc(C(C)(C)C)nc(-c2ccncc2C)n1. The van der Waals surface area contributed by atoms with E-state index in [1.165, 1.54) is 0 Å². The topological polar surface area (TPSA) is 50.7 Å². The van der Waals surface area contributed by atoms with Crippen LogP contribution < -0.4 is 5.32 Å². The van der Waals surface area contributed by atoms with Gasteiger partial charge in [0.15, 0.2) is 5.82 Å². The van der Waals surface area contributed by atoms with Gasteiger partial charge in [0, 0.05) is 36.5 Å². The maximum atomic E-state index is 4.70. The molecule has 2 aromatic heterocycles. The van der Waals surface area contributed by atoms with Gasteiger partial charge in [-0.2, -0.15) is 0 Å². The molecular formula is C15H20N4. The lowest BCUT2D eigenvalue weighted by atomic mass is 9.91. The minimum Gasteiger partial charge on any atom is -0.373 e. The Morgan fingerprint density at radius 3 is 2.47 bits per heavy atom. The first kappa shape index (κ1) is 13.5. The molecule has 0 unspecified atom stereocenters. The summed E-state index contributed by atoms with van der Waals surface area (Å²) in [6, 6.07) is 3.95. The van der Waals surface area contributed by atoms with E-state index in [0.717, 1.165) is 28.5 Å². The van der Waals surface area contributed by atoms with Crippen LogP contribution in [0.5, 0.6) is 0 Å². The fourth-order valence-corrected chi connectivity index (χ4v) is 1.80. The van der Waals surface area contributed by atoms with Crippen LogP contribution in [-0.2, 0) is 5.41 Å². The molecule has 0 fully saturated rings. The number of pyridine rings is 1. The fourth-order valence-electron chi connectivity index (χ4n) is 1.80. The van der Waals surface area contributed by atoms with E-state index in [2.05, 4.69) is 36.1 Å². The lowest BCUT2D eigenvalue weighted by molar-refractivity contribution is 0.568. The molecule has 1 N–H and O–H groups in total. The average Bonchev–Trinajstić information content (AvgIpc) is 2.37. The molecule has 0 aliphatic heterocycles. The Kier molecular flexibility index (Phi) is 3.51. The minimum atomic E-state index is -0.00970. The summed E-state index contributed by atoms with van der Waals surface area (Å²) < 4.78 is 0. The van der Waals surface area contributed by atoms with Crippen molar-refractivity contribution in [1.82, 2.24) is 15.0 Å². The van der Waals surface area contributed by atoms with Crippen LogP contribution in [-0.4, -0.2) is 22.0 Å². The lowest BCUT2D eigenvalue weighted by Crippen LogP contribution is -2.15. The Morgan fingerprint density at radius 1 is 1.16 bits per heavy atom. The molecular weight excluding hydrogens is 236 g/mol. The van der Waals surface area contributed by atoms with Gasteiger partial charge in [-0.25, -0.2) is 9.97 Å². The van der Waals surface area contributed by atoms with E-state index in [1.54, 1.807) is 6.20 Å². The second kappa shape index (κ2) is 4.96. The molecule has 0 saturated carbocycles. The predicted octanol–water partition coefficient (Wildman–Crippen LogP) is 3.19. The highest BCUT2D eigenvalue weighted by Crippen LogP contribution is 2.26. The minimum absolute atomic E-state index is 0.00970. The predicted molar refractivity (Wildman–Crippen MR) is 78.2 cm³/mol. The van der Waals surface area contributed by atoms with Crippen molar-refractivity contribution in [2.75, 3.05) is 12.4 Å². The van der Waals surface area contributed by atoms with Crippen molar-refractivity contribution >= 4 is 5.82 Å². The van der Waals surface area contributed by atoms with Gasteiger partial charge in [0.2, 0.25) is 0 Å². The summed E-state index contributed by atoms with van der Waals surface area (Å²) in [5, 5.41) is 3.10. The molecule has 2 rings (SSSR count). The molecule has 0 aliphatic carbocycles. The number of hydrogen-bond acceptors (Lipinski definition) is 4. The molecule has 0 bridgehead atoms. The molecule has 0 amide bonds. The number of hydrogen-bond donors (Lipinski definition) is 1. The summed E-state index contributed by atoms with van der Waals surface area (Å²) in [5.41, 5.74) is 3.12. The number of aromatic nitrogens is 3. The van der Waals surface area contributed by atoms with E-state index >= 15 is 0 Å². The zero-order valence-electron chi connectivity index (χ0n) is 12.2. The first-order chi connectivity index (χ1) is 8.91. The number of nitrogens with one attached hydrogen (secondary N) is 1. The van der Waals surface area contributed by atoms with Crippen LogP contribution in [0.4, 0.5) is 5.82 Å². The third-order valence-electron chi connectivity index (χ3n) is 3.01. The first-order valence-corrected chi connectivity index (χ1v) is 6.40. The zero-order valence-corrected chi connectivity index (χ0v) is 12.2. The number of rotatable bonds is 2. The fraction of sp³-hybridized carbons (Fsp3) is 0.400. The zero-order chi connectivity index (χ0) is 14.0. The van der Waals surface area contributed by atoms with E-state index < -0.39 is 0 Å². The number of anilines is 1. The van der Waals surface area contributed by atoms with Gasteiger partial charge in [-0.1, -0.05) is 20.8 Å². The van der Waals surface area contributed by atoms with E-state index in [-0.39, 0.29) is 5.41 Å². The van der Waals surface area contributed by atoms with Crippen LogP contribution in [0.2, 0.25) is 0 Å². The maximum absolute atomic E-state index is 4.70. The van der Waals surface area contributed by atoms with Crippen molar-refractivity contribution < 1.29 is 0 Å². The maximum Gasteiger partial charge on any atom is 0.162 e. The van der Waals surface area contributed by atoms with E-state index in [9.17, 15) is 0 Å². The summed E-state index contributed by atoms with van der Waals surface area (Å²) in [4.78, 5) is 13.4. The van der Waals surface area contributed by atoms with Crippen molar-refractivity contribution in [3.63, 3.8) is 0 Å². The highest BCUT2D eigenvalue weighted by Gasteiger charge is 2.18. The highest BCUT2D eigenvalue weighted by atomic mass is 15.0. The van der Waals surface area contributed by atoms with Crippen molar-refractivity contribution in [3.8, 4) is 11.4 Å². The normalized spacial score (nSPS) is 11.4. The Balaban J connectivity index is 2.61. The molecule has 100 valence electrons. The van der Waals surface area contributed by atoms with Gasteiger partial charge in [-0.05, 0) is 18.6 Å². The van der Waals surface area contributed by atoms with Gasteiger partial charge < -0.3 is 5.32 Å². The Bertz CT molecular complexity index is 585. The molecule has 0 spiro atoms. The summed E-state index contributed by atoms with van der Waals surface area (Å²) in [6.07, 6.45) is 3.61. The van der Waals surface area contributed by atoms with Crippen molar-refractivity contribution in [1.29, 1.82) is 0 Å². The Hall–Kier alpha value is -1.97. The van der Waals surface area contributed by atoms with Gasteiger partial charge in [0.25, 0.3) is 0 Å². The van der Waals surface area contributed by atoms with Crippen LogP contribution in [0, 0.1) is 6.92 Å². The van der Waals surface area contributed by atoms with Gasteiger partial charge in [0.1, 0.15) is 5.82 Å². The molecule has 0 saturated heterocycles. The average molecular weight is 256 g/mol. The molecule has 4 nitrogen and oxygen atoms in total. The summed E-state index contributed by atoms with van der Waals surface area (Å²) >= 11 is 0. The molecule has 0 aromatic carbocycles. The molecule has 0 atom stereocenters. The summed E-state index contributed by atoms with van der Waals surface area (Å²) in [7, 11) is 1.87. The second-order valence-corrected chi connectivity index (χ2v) is 5.65. The van der Waals surface area contributed by atoms with Crippen LogP contribution in [0.15, 0.2) is 24.5 Å². The van der Waals surface area contributed by atoms with Crippen molar-refractivity contribution in [3.05, 3.63) is 35.8 Å². The highest BCUT2D eigenvalue weighted by molar-refractivity contribution is 5.61. The van der Waals surface area contributed by atoms with Gasteiger partial charge >= 0.3 is 0 Å². The molecule has 0 radical (unpaired) electrons. The van der Waals surface area contributed by atoms with Gasteiger partial charge in [-0.15, -0.1) is 0 Å². The smallest absolute Gasteiger partial charge is 0.162 e. The quantitative estimate of drug-likeness (QED) is 0.896. The standard InChI is InChI=1S/C15H20N4/c1-10-9-17-7-6-11(10)14-18-12(15(2,3)4)8-13(16-5)19-14/h6-9H,1-5H3,(H,16,18,19). The largest absolute Gasteiger partial charge is 0.373 e. The lowest BCUT2D eigenvalue weighted by Gasteiger charge is -2.19. The third-order valence-corrected chi connectivity index (χ3v) is 3.01. The molecule has 4 heteroatoms. The molecule has 2 heterocycles. The molecule has 19 heavy (non-hydrogen) atoms. The van der Waals surface area contributed by atoms with E-state index in [1.807, 2.05) is 32.3 Å². The summed E-state index contributed by atoms with van der Waals surface area (Å²) in [5.74, 6) is 1.59. The third kappa shape index (κ3) is 2.89. The van der Waals surface area contributed by atoms with Crippen LogP contribution >= 0.6 is 0 Å². The Morgan fingerprint density at radius 2 is 1.89 bits per heavy atom. The van der Waals surface area contributed by atoms with Crippen molar-refractivity contribution in [2.45, 2.75) is 33.1 Å².